The maximum Gasteiger partial charge on any atom is 0.472 e. The van der Waals surface area contributed by atoms with Gasteiger partial charge in [-0.2, -0.15) is 0 Å². The first-order valence-corrected chi connectivity index (χ1v) is 48.0. The van der Waals surface area contributed by atoms with Crippen LogP contribution in [0.1, 0.15) is 388 Å². The quantitative estimate of drug-likeness (QED) is 0.00889. The fourth-order valence-electron chi connectivity index (χ4n) is 15.3. The van der Waals surface area contributed by atoms with Gasteiger partial charge < -0.3 is 88.7 Å². The molecule has 116 heavy (non-hydrogen) atoms. The second-order valence-corrected chi connectivity index (χ2v) is 34.8. The average Bonchev–Trinajstić information content (AvgIpc) is 0.754. The number of carbonyl (C=O) groups excluding carboxylic acids is 4. The molecule has 1 aliphatic carbocycles. The normalized spacial score (nSPS) is 25.5. The molecule has 0 bridgehead atoms. The number of rotatable bonds is 74. The molecule has 19 atom stereocenters. The number of allylic oxidation sites excluding steroid dienone is 4. The monoisotopic (exact) mass is 1680 g/mol. The molecule has 2 saturated heterocycles. The molecule has 2 aliphatic heterocycles. The van der Waals surface area contributed by atoms with Gasteiger partial charge in [0.05, 0.1) is 13.2 Å². The van der Waals surface area contributed by atoms with Gasteiger partial charge in [0, 0.05) is 25.7 Å². The summed E-state index contributed by atoms with van der Waals surface area (Å²) in [7, 11) is -5.81. The van der Waals surface area contributed by atoms with Gasteiger partial charge in [0.25, 0.3) is 0 Å². The molecule has 0 radical (unpaired) electrons. The lowest BCUT2D eigenvalue weighted by atomic mass is 9.84. The molecule has 1 saturated carbocycles. The van der Waals surface area contributed by atoms with Gasteiger partial charge in [-0.05, 0) is 83.0 Å². The molecule has 3 fully saturated rings. The molecule has 2 heterocycles. The van der Waals surface area contributed by atoms with E-state index in [0.717, 1.165) is 116 Å². The van der Waals surface area contributed by atoms with Gasteiger partial charge in [0.2, 0.25) is 0 Å². The number of hydrogen-bond acceptors (Lipinski definition) is 24. The van der Waals surface area contributed by atoms with Crippen molar-refractivity contribution in [3.8, 4) is 0 Å². The summed E-state index contributed by atoms with van der Waals surface area (Å²) in [5, 5.41) is 102. The lowest BCUT2D eigenvalue weighted by Crippen LogP contribution is -2.70. The molecule has 0 spiro atoms. The molecule has 3 aliphatic rings. The van der Waals surface area contributed by atoms with Gasteiger partial charge in [-0.1, -0.05) is 309 Å². The number of aliphatic hydroxyl groups excluding tert-OH is 9. The molecule has 3 rings (SSSR count). The summed E-state index contributed by atoms with van der Waals surface area (Å²) in [4.78, 5) is 66.4. The van der Waals surface area contributed by atoms with Crippen molar-refractivity contribution in [2.45, 2.75) is 492 Å². The van der Waals surface area contributed by atoms with Crippen LogP contribution in [-0.4, -0.2) is 205 Å². The number of phosphoric acid groups is 1. The Kier molecular flexibility index (Phi) is 63.2. The van der Waals surface area contributed by atoms with Crippen LogP contribution < -0.4 is 0 Å². The maximum absolute atomic E-state index is 14.9. The van der Waals surface area contributed by atoms with Gasteiger partial charge in [-0.3, -0.25) is 28.2 Å². The number of unbranched alkanes of at least 4 members (excludes halogenated alkanes) is 42. The van der Waals surface area contributed by atoms with Gasteiger partial charge >= 0.3 is 31.7 Å². The molecule has 0 amide bonds. The smallest absolute Gasteiger partial charge is 0.463 e. The number of esters is 4. The van der Waals surface area contributed by atoms with Crippen LogP contribution in [0.2, 0.25) is 0 Å². The first-order valence-electron chi connectivity index (χ1n) is 46.5. The molecular formula is C90H165O25P. The Balaban J connectivity index is 1.94. The van der Waals surface area contributed by atoms with Crippen molar-refractivity contribution in [1.82, 2.24) is 0 Å². The SMILES string of the molecule is CCCCCCCC/C=C\CCCCCC(=O)OCC1OC(OC2C(OC(=O)CCCCCCCCCCCCCCCCC)C(O)C(O)C(OC3OC(CO)C(O)C(O)C3O)C2OP(=O)(O)OCC(COC(=O)CCCCCCCCC(C)CCCCCCCC)OC(=O)CCCCC/C=C\CCCCCCCC)C(O)C(O)C1O. The van der Waals surface area contributed by atoms with Crippen LogP contribution in [0.3, 0.4) is 0 Å². The Bertz CT molecular complexity index is 2530. The predicted molar refractivity (Wildman–Crippen MR) is 449 cm³/mol. The minimum atomic E-state index is -5.81. The standard InChI is InChI=1S/C90H165O25P/c1-6-10-14-18-22-25-28-31-32-35-38-41-44-52-58-64-76(95)112-85-81(100)82(101)86(113-89-83(102)79(98)77(96)71(65-91)110-89)88(87(85)114-90-84(103)80(99)78(97)72(111-90)68-107-74(93)62-56-49-42-39-36-33-29-26-23-19-15-11-7-2)115-116(104,105)108-67-70(109-75(94)63-57-51-43-40-37-34-30-27-24-20-16-12-8-3)66-106-73(92)61-55-50-46-45-48-54-60-69(5)59-53-47-21-17-13-9-4/h33-34,36-37,69-72,77-91,96-103H,6-32,35,38-68H2,1-5H3,(H,104,105)/b36-33-,37-34-. The fourth-order valence-corrected chi connectivity index (χ4v) is 16.3. The van der Waals surface area contributed by atoms with E-state index in [1.807, 2.05) is 0 Å². The van der Waals surface area contributed by atoms with Crippen LogP contribution in [0.5, 0.6) is 0 Å². The summed E-state index contributed by atoms with van der Waals surface area (Å²) in [5.41, 5.74) is 0. The van der Waals surface area contributed by atoms with E-state index in [2.05, 4.69) is 58.9 Å². The molecule has 10 N–H and O–H groups in total. The largest absolute Gasteiger partial charge is 0.472 e. The van der Waals surface area contributed by atoms with Gasteiger partial charge in [-0.25, -0.2) is 4.57 Å². The number of aliphatic hydroxyl groups is 9. The highest BCUT2D eigenvalue weighted by Gasteiger charge is 2.60. The van der Waals surface area contributed by atoms with Crippen molar-refractivity contribution >= 4 is 31.7 Å². The number of carbonyl (C=O) groups is 4. The lowest BCUT2D eigenvalue weighted by Gasteiger charge is -2.50. The minimum Gasteiger partial charge on any atom is -0.463 e. The first kappa shape index (κ1) is 107. The summed E-state index contributed by atoms with van der Waals surface area (Å²) < 4.78 is 73.4. The van der Waals surface area contributed by atoms with Crippen LogP contribution in [0.25, 0.3) is 0 Å². The number of hydrogen-bond donors (Lipinski definition) is 10. The van der Waals surface area contributed by atoms with E-state index >= 15 is 0 Å². The van der Waals surface area contributed by atoms with E-state index in [-0.39, 0.29) is 25.7 Å². The van der Waals surface area contributed by atoms with E-state index in [0.29, 0.717) is 50.9 Å². The topological polar surface area (TPSA) is 380 Å². The van der Waals surface area contributed by atoms with Crippen LogP contribution in [0.15, 0.2) is 24.3 Å². The maximum atomic E-state index is 14.9. The Hall–Kier alpha value is -3.05. The van der Waals surface area contributed by atoms with Crippen LogP contribution >= 0.6 is 7.82 Å². The van der Waals surface area contributed by atoms with Crippen molar-refractivity contribution in [3.05, 3.63) is 24.3 Å². The van der Waals surface area contributed by atoms with Crippen molar-refractivity contribution in [1.29, 1.82) is 0 Å². The molecule has 25 nitrogen and oxygen atoms in total. The van der Waals surface area contributed by atoms with Gasteiger partial charge in [-0.15, -0.1) is 0 Å². The molecule has 0 aromatic rings. The van der Waals surface area contributed by atoms with E-state index in [4.69, 9.17) is 46.9 Å². The Labute approximate surface area is 698 Å². The second-order valence-electron chi connectivity index (χ2n) is 33.4. The third kappa shape index (κ3) is 48.7. The van der Waals surface area contributed by atoms with Gasteiger partial charge in [0.15, 0.2) is 24.8 Å². The lowest BCUT2D eigenvalue weighted by molar-refractivity contribution is -0.360. The Morgan fingerprint density at radius 2 is 0.698 bits per heavy atom. The summed E-state index contributed by atoms with van der Waals surface area (Å²) in [5.74, 6) is -2.31. The van der Waals surface area contributed by atoms with Crippen LogP contribution in [0, 0.1) is 5.92 Å². The Morgan fingerprint density at radius 3 is 1.12 bits per heavy atom. The summed E-state index contributed by atoms with van der Waals surface area (Å²) in [6, 6.07) is 0. The van der Waals surface area contributed by atoms with E-state index < -0.39 is 162 Å². The van der Waals surface area contributed by atoms with Crippen LogP contribution in [-0.2, 0) is 70.7 Å². The minimum absolute atomic E-state index is 0.00649. The van der Waals surface area contributed by atoms with Crippen molar-refractivity contribution in [2.75, 3.05) is 26.4 Å². The summed E-state index contributed by atoms with van der Waals surface area (Å²) in [6.45, 7) is 7.88. The molecule has 26 heteroatoms. The summed E-state index contributed by atoms with van der Waals surface area (Å²) >= 11 is 0. The van der Waals surface area contributed by atoms with Crippen molar-refractivity contribution in [3.63, 3.8) is 0 Å². The third-order valence-electron chi connectivity index (χ3n) is 22.8. The number of ether oxygens (including phenoxy) is 8. The first-order chi connectivity index (χ1) is 56.1. The molecule has 0 aromatic carbocycles. The molecular weight excluding hydrogens is 1510 g/mol. The van der Waals surface area contributed by atoms with Crippen LogP contribution in [0.4, 0.5) is 0 Å². The van der Waals surface area contributed by atoms with Crippen molar-refractivity contribution in [2.24, 2.45) is 5.92 Å². The predicted octanol–water partition coefficient (Wildman–Crippen LogP) is 16.8. The Morgan fingerprint density at radius 1 is 0.362 bits per heavy atom. The molecule has 19 unspecified atom stereocenters. The van der Waals surface area contributed by atoms with E-state index in [9.17, 15) is 74.6 Å². The highest BCUT2D eigenvalue weighted by molar-refractivity contribution is 7.47. The molecule has 0 aromatic heterocycles. The zero-order valence-corrected chi connectivity index (χ0v) is 73.4. The second kappa shape index (κ2) is 68.4. The average molecular weight is 1680 g/mol. The molecule has 680 valence electrons. The van der Waals surface area contributed by atoms with Crippen molar-refractivity contribution < 1.29 is 122 Å². The highest BCUT2D eigenvalue weighted by Crippen LogP contribution is 2.49. The zero-order valence-electron chi connectivity index (χ0n) is 72.5. The highest BCUT2D eigenvalue weighted by atomic mass is 31.2. The summed E-state index contributed by atoms with van der Waals surface area (Å²) in [6.07, 6.45) is 26.2. The van der Waals surface area contributed by atoms with E-state index in [1.54, 1.807) is 0 Å². The van der Waals surface area contributed by atoms with E-state index in [1.165, 1.54) is 167 Å². The fraction of sp³-hybridized carbons (Fsp3) is 0.911. The number of phosphoric ester groups is 1. The van der Waals surface area contributed by atoms with Gasteiger partial charge in [0.1, 0.15) is 92.6 Å². The third-order valence-corrected chi connectivity index (χ3v) is 23.8. The zero-order chi connectivity index (χ0) is 84.8.